The molecule has 0 bridgehead atoms. The van der Waals surface area contributed by atoms with Crippen molar-refractivity contribution >= 4 is 23.4 Å². The number of ketones is 1. The maximum absolute atomic E-state index is 12.8. The van der Waals surface area contributed by atoms with Gasteiger partial charge in [0, 0.05) is 50.4 Å². The Kier molecular flexibility index (Phi) is 6.58. The van der Waals surface area contributed by atoms with E-state index in [9.17, 15) is 9.59 Å². The second-order valence-electron chi connectivity index (χ2n) is 7.97. The van der Waals surface area contributed by atoms with Crippen LogP contribution in [0.2, 0.25) is 5.02 Å². The summed E-state index contributed by atoms with van der Waals surface area (Å²) >= 11 is 5.93. The highest BCUT2D eigenvalue weighted by molar-refractivity contribution is 6.30. The van der Waals surface area contributed by atoms with E-state index in [4.69, 9.17) is 16.3 Å². The Hall–Kier alpha value is -3.16. The molecule has 8 heteroatoms. The summed E-state index contributed by atoms with van der Waals surface area (Å²) < 4.78 is 7.19. The van der Waals surface area contributed by atoms with Gasteiger partial charge in [0.25, 0.3) is 0 Å². The van der Waals surface area contributed by atoms with Crippen LogP contribution in [0.15, 0.2) is 60.8 Å². The smallest absolute Gasteiger partial charge is 0.344 e. The maximum Gasteiger partial charge on any atom is 0.344 e. The average Bonchev–Trinajstić information content (AvgIpc) is 3.26. The van der Waals surface area contributed by atoms with Crippen LogP contribution in [0, 0.1) is 0 Å². The van der Waals surface area contributed by atoms with E-state index >= 15 is 0 Å². The van der Waals surface area contributed by atoms with Gasteiger partial charge in [0.2, 0.25) is 0 Å². The van der Waals surface area contributed by atoms with Gasteiger partial charge in [-0.1, -0.05) is 23.7 Å². The van der Waals surface area contributed by atoms with E-state index in [0.29, 0.717) is 17.3 Å². The first kappa shape index (κ1) is 22.0. The van der Waals surface area contributed by atoms with Gasteiger partial charge >= 0.3 is 6.03 Å². The molecule has 3 aromatic rings. The van der Waals surface area contributed by atoms with Crippen LogP contribution in [0.5, 0.6) is 11.5 Å². The number of aromatic nitrogens is 2. The number of nitrogens with zero attached hydrogens (tertiary/aromatic N) is 4. The van der Waals surface area contributed by atoms with Crippen LogP contribution >= 0.6 is 11.6 Å². The van der Waals surface area contributed by atoms with Crippen molar-refractivity contribution < 1.29 is 14.3 Å². The number of amides is 1. The fraction of sp³-hybridized carbons (Fsp3) is 0.292. The Balaban J connectivity index is 1.36. The van der Waals surface area contributed by atoms with E-state index in [1.54, 1.807) is 29.3 Å². The summed E-state index contributed by atoms with van der Waals surface area (Å²) in [7, 11) is 0. The van der Waals surface area contributed by atoms with Gasteiger partial charge in [-0.05, 0) is 55.0 Å². The number of ether oxygens (including phenoxy) is 1. The first-order chi connectivity index (χ1) is 15.4. The zero-order valence-electron chi connectivity index (χ0n) is 18.1. The minimum absolute atomic E-state index is 0.0229. The van der Waals surface area contributed by atoms with Crippen LogP contribution in [0.3, 0.4) is 0 Å². The highest BCUT2D eigenvalue weighted by Gasteiger charge is 2.29. The zero-order valence-corrected chi connectivity index (χ0v) is 18.8. The molecule has 32 heavy (non-hydrogen) atoms. The number of piperazine rings is 1. The highest BCUT2D eigenvalue weighted by atomic mass is 35.5. The standard InChI is InChI=1S/C24H25ClN4O3/c1-17-15-27(12-13-28(17)24(31)29-11-10-23(26-29)18(2)30)16-19-4-3-5-22(14-19)32-21-8-6-20(25)7-9-21/h3-11,14,17H,12-13,15-16H2,1-2H3/t17-/m0/s1. The van der Waals surface area contributed by atoms with Gasteiger partial charge in [0.1, 0.15) is 17.2 Å². The van der Waals surface area contributed by atoms with E-state index in [0.717, 1.165) is 36.7 Å². The first-order valence-electron chi connectivity index (χ1n) is 10.5. The summed E-state index contributed by atoms with van der Waals surface area (Å²) in [4.78, 5) is 28.4. The van der Waals surface area contributed by atoms with Crippen LogP contribution in [-0.4, -0.2) is 57.1 Å². The molecule has 7 nitrogen and oxygen atoms in total. The third-order valence-corrected chi connectivity index (χ3v) is 5.71. The van der Waals surface area contributed by atoms with Gasteiger partial charge in [-0.25, -0.2) is 4.79 Å². The SMILES string of the molecule is CC(=O)c1ccn(C(=O)N2CCN(Cc3cccc(Oc4ccc(Cl)cc4)c3)C[C@@H]2C)n1. The van der Waals surface area contributed by atoms with Gasteiger partial charge < -0.3 is 9.64 Å². The Morgan fingerprint density at radius 3 is 2.56 bits per heavy atom. The Morgan fingerprint density at radius 1 is 1.09 bits per heavy atom. The largest absolute Gasteiger partial charge is 0.457 e. The minimum atomic E-state index is -0.206. The van der Waals surface area contributed by atoms with Crippen molar-refractivity contribution in [2.24, 2.45) is 0 Å². The molecular weight excluding hydrogens is 428 g/mol. The van der Waals surface area contributed by atoms with Crippen LogP contribution in [0.25, 0.3) is 0 Å². The van der Waals surface area contributed by atoms with Gasteiger partial charge in [0.05, 0.1) is 0 Å². The third-order valence-electron chi connectivity index (χ3n) is 5.46. The lowest BCUT2D eigenvalue weighted by atomic mass is 10.1. The highest BCUT2D eigenvalue weighted by Crippen LogP contribution is 2.24. The molecule has 2 aromatic carbocycles. The van der Waals surface area contributed by atoms with Crippen molar-refractivity contribution in [1.82, 2.24) is 19.6 Å². The number of carbonyl (C=O) groups excluding carboxylic acids is 2. The molecule has 0 N–H and O–H groups in total. The number of Topliss-reactive ketones (excluding diaryl/α,β-unsaturated/α-hetero) is 1. The zero-order chi connectivity index (χ0) is 22.7. The fourth-order valence-electron chi connectivity index (χ4n) is 3.81. The lowest BCUT2D eigenvalue weighted by molar-refractivity contribution is 0.0964. The minimum Gasteiger partial charge on any atom is -0.457 e. The second-order valence-corrected chi connectivity index (χ2v) is 8.40. The van der Waals surface area contributed by atoms with Crippen molar-refractivity contribution in [2.75, 3.05) is 19.6 Å². The Morgan fingerprint density at radius 2 is 1.88 bits per heavy atom. The van der Waals surface area contributed by atoms with Gasteiger partial charge in [0.15, 0.2) is 5.78 Å². The fourth-order valence-corrected chi connectivity index (χ4v) is 3.94. The number of hydrogen-bond acceptors (Lipinski definition) is 5. The molecule has 4 rings (SSSR count). The third kappa shape index (κ3) is 5.18. The van der Waals surface area contributed by atoms with Crippen LogP contribution < -0.4 is 4.74 Å². The molecule has 1 saturated heterocycles. The predicted octanol–water partition coefficient (Wildman–Crippen LogP) is 4.71. The van der Waals surface area contributed by atoms with E-state index in [1.165, 1.54) is 11.6 Å². The van der Waals surface area contributed by atoms with Crippen molar-refractivity contribution in [3.05, 3.63) is 77.1 Å². The summed E-state index contributed by atoms with van der Waals surface area (Å²) in [6.45, 7) is 6.32. The Labute approximate surface area is 192 Å². The summed E-state index contributed by atoms with van der Waals surface area (Å²) in [6, 6.07) is 16.7. The molecule has 0 spiro atoms. The lowest BCUT2D eigenvalue weighted by Crippen LogP contribution is -2.54. The predicted molar refractivity (Wildman–Crippen MR) is 122 cm³/mol. The van der Waals surface area contributed by atoms with Gasteiger partial charge in [-0.3, -0.25) is 9.69 Å². The quantitative estimate of drug-likeness (QED) is 0.524. The van der Waals surface area contributed by atoms with E-state index in [2.05, 4.69) is 16.1 Å². The average molecular weight is 453 g/mol. The molecule has 1 aliphatic rings. The van der Waals surface area contributed by atoms with Crippen LogP contribution in [0.4, 0.5) is 4.79 Å². The summed E-state index contributed by atoms with van der Waals surface area (Å²) in [5.41, 5.74) is 1.44. The molecular formula is C24H25ClN4O3. The van der Waals surface area contributed by atoms with Crippen LogP contribution in [0.1, 0.15) is 29.9 Å². The molecule has 1 fully saturated rings. The molecule has 2 heterocycles. The first-order valence-corrected chi connectivity index (χ1v) is 10.9. The molecule has 0 saturated carbocycles. The van der Waals surface area contributed by atoms with E-state index < -0.39 is 0 Å². The normalized spacial score (nSPS) is 16.7. The molecule has 1 aliphatic heterocycles. The maximum atomic E-state index is 12.8. The number of carbonyl (C=O) groups is 2. The van der Waals surface area contributed by atoms with Crippen molar-refractivity contribution in [3.8, 4) is 11.5 Å². The summed E-state index contributed by atoms with van der Waals surface area (Å²) in [6.07, 6.45) is 1.55. The van der Waals surface area contributed by atoms with Gasteiger partial charge in [-0.15, -0.1) is 0 Å². The molecule has 1 amide bonds. The molecule has 1 aromatic heterocycles. The van der Waals surface area contributed by atoms with Crippen molar-refractivity contribution in [1.29, 1.82) is 0 Å². The topological polar surface area (TPSA) is 67.7 Å². The Bertz CT molecular complexity index is 1110. The second kappa shape index (κ2) is 9.54. The van der Waals surface area contributed by atoms with E-state index in [-0.39, 0.29) is 17.9 Å². The van der Waals surface area contributed by atoms with Gasteiger partial charge in [-0.2, -0.15) is 9.78 Å². The number of rotatable bonds is 5. The van der Waals surface area contributed by atoms with Crippen molar-refractivity contribution in [2.45, 2.75) is 26.4 Å². The van der Waals surface area contributed by atoms with Crippen molar-refractivity contribution in [3.63, 3.8) is 0 Å². The molecule has 0 aliphatic carbocycles. The molecule has 1 atom stereocenters. The summed E-state index contributed by atoms with van der Waals surface area (Å²) in [5, 5.41) is 4.77. The van der Waals surface area contributed by atoms with Crippen LogP contribution in [-0.2, 0) is 6.54 Å². The molecule has 0 radical (unpaired) electrons. The number of hydrogen-bond donors (Lipinski definition) is 0. The lowest BCUT2D eigenvalue weighted by Gasteiger charge is -2.39. The number of halogens is 1. The number of benzene rings is 2. The monoisotopic (exact) mass is 452 g/mol. The molecule has 166 valence electrons. The summed E-state index contributed by atoms with van der Waals surface area (Å²) in [5.74, 6) is 1.35. The molecule has 0 unspecified atom stereocenters. The van der Waals surface area contributed by atoms with E-state index in [1.807, 2.05) is 37.3 Å².